The summed E-state index contributed by atoms with van der Waals surface area (Å²) >= 11 is 3.63. The quantitative estimate of drug-likeness (QED) is 0.0947. The first-order valence-corrected chi connectivity index (χ1v) is 19.6. The zero-order valence-electron chi connectivity index (χ0n) is 30.8. The van der Waals surface area contributed by atoms with Crippen molar-refractivity contribution in [1.29, 1.82) is 0 Å². The number of halogens is 1. The number of rotatable bonds is 19. The zero-order valence-corrected chi connectivity index (χ0v) is 32.4. The molecule has 54 heavy (non-hydrogen) atoms. The van der Waals surface area contributed by atoms with E-state index in [1.807, 2.05) is 20.8 Å². The molecule has 0 spiro atoms. The Labute approximate surface area is 322 Å². The molecule has 284 valence electrons. The van der Waals surface area contributed by atoms with Crippen LogP contribution in [0, 0.1) is 5.41 Å². The zero-order chi connectivity index (χ0) is 38.6. The van der Waals surface area contributed by atoms with Gasteiger partial charge in [0.25, 0.3) is 35.4 Å². The highest BCUT2D eigenvalue weighted by atomic mass is 79.9. The summed E-state index contributed by atoms with van der Waals surface area (Å²) in [6.07, 6.45) is 4.65. The highest BCUT2D eigenvalue weighted by Crippen LogP contribution is 2.33. The summed E-state index contributed by atoms with van der Waals surface area (Å²) in [4.78, 5) is 81.9. The van der Waals surface area contributed by atoms with Gasteiger partial charge in [-0.1, -0.05) is 56.0 Å². The molecular formula is C41H44BrN3O9. The van der Waals surface area contributed by atoms with Crippen molar-refractivity contribution in [2.45, 2.75) is 59.3 Å². The van der Waals surface area contributed by atoms with E-state index in [0.29, 0.717) is 78.2 Å². The van der Waals surface area contributed by atoms with Crippen molar-refractivity contribution in [2.24, 2.45) is 5.41 Å². The van der Waals surface area contributed by atoms with Crippen LogP contribution in [-0.4, -0.2) is 94.9 Å². The Morgan fingerprint density at radius 3 is 1.00 bits per heavy atom. The minimum Gasteiger partial charge on any atom is -0.493 e. The second-order valence-electron chi connectivity index (χ2n) is 14.0. The number of carbonyl (C=O) groups is 6. The Hall–Kier alpha value is -5.04. The lowest BCUT2D eigenvalue weighted by Crippen LogP contribution is -2.42. The summed E-state index contributed by atoms with van der Waals surface area (Å²) < 4.78 is 18.9. The average molecular weight is 803 g/mol. The van der Waals surface area contributed by atoms with Crippen molar-refractivity contribution < 1.29 is 43.0 Å². The van der Waals surface area contributed by atoms with Crippen molar-refractivity contribution in [3.05, 3.63) is 88.0 Å². The lowest BCUT2D eigenvalue weighted by Gasteiger charge is -2.31. The highest BCUT2D eigenvalue weighted by molar-refractivity contribution is 9.09. The van der Waals surface area contributed by atoms with Crippen LogP contribution in [0.1, 0.15) is 121 Å². The van der Waals surface area contributed by atoms with Crippen molar-refractivity contribution >= 4 is 51.4 Å². The summed E-state index contributed by atoms with van der Waals surface area (Å²) in [6, 6.07) is 14.4. The number of hydrogen-bond donors (Lipinski definition) is 0. The fourth-order valence-electron chi connectivity index (χ4n) is 6.59. The summed E-state index contributed by atoms with van der Waals surface area (Å²) in [5.41, 5.74) is 0.931. The van der Waals surface area contributed by atoms with Gasteiger partial charge in [-0.2, -0.15) is 0 Å². The van der Waals surface area contributed by atoms with Gasteiger partial charge in [0.1, 0.15) is 37.1 Å². The molecule has 6 rings (SSSR count). The Balaban J connectivity index is 1.23. The molecule has 13 heteroatoms. The molecule has 0 atom stereocenters. The fraction of sp³-hybridized carbons (Fsp3) is 0.415. The number of benzene rings is 3. The molecule has 6 amide bonds. The van der Waals surface area contributed by atoms with Gasteiger partial charge in [0.05, 0.1) is 38.8 Å². The van der Waals surface area contributed by atoms with Gasteiger partial charge in [-0.15, -0.1) is 0 Å². The minimum atomic E-state index is -0.899. The van der Waals surface area contributed by atoms with Crippen LogP contribution in [0.5, 0.6) is 17.2 Å². The summed E-state index contributed by atoms with van der Waals surface area (Å²) in [5.74, 6) is -0.914. The Kier molecular flexibility index (Phi) is 11.8. The van der Waals surface area contributed by atoms with Crippen LogP contribution in [0.4, 0.5) is 0 Å². The summed E-state index contributed by atoms with van der Waals surface area (Å²) in [6.45, 7) is 7.10. The van der Waals surface area contributed by atoms with Crippen molar-refractivity contribution in [3.8, 4) is 17.2 Å². The van der Waals surface area contributed by atoms with Crippen LogP contribution >= 0.6 is 15.9 Å². The second-order valence-corrected chi connectivity index (χ2v) is 14.5. The lowest BCUT2D eigenvalue weighted by atomic mass is 9.94. The van der Waals surface area contributed by atoms with E-state index >= 15 is 0 Å². The summed E-state index contributed by atoms with van der Waals surface area (Å²) in [5, 5.41) is 0.313. The number of fused-ring (bicyclic) bond motifs is 3. The summed E-state index contributed by atoms with van der Waals surface area (Å²) in [7, 11) is 0. The van der Waals surface area contributed by atoms with Gasteiger partial charge < -0.3 is 14.2 Å². The van der Waals surface area contributed by atoms with Crippen LogP contribution in [0.3, 0.4) is 0 Å². The Bertz CT molecular complexity index is 1780. The van der Waals surface area contributed by atoms with Gasteiger partial charge in [-0.25, -0.2) is 0 Å². The van der Waals surface area contributed by atoms with Crippen LogP contribution in [0.15, 0.2) is 54.6 Å². The van der Waals surface area contributed by atoms with Crippen LogP contribution < -0.4 is 14.2 Å². The molecule has 3 aromatic carbocycles. The Morgan fingerprint density at radius 1 is 0.463 bits per heavy atom. The molecule has 3 aliphatic heterocycles. The van der Waals surface area contributed by atoms with Crippen LogP contribution in [-0.2, 0) is 0 Å². The molecule has 0 radical (unpaired) electrons. The van der Waals surface area contributed by atoms with Crippen LogP contribution in [0.25, 0.3) is 0 Å². The largest absolute Gasteiger partial charge is 0.493 e. The first kappa shape index (κ1) is 38.7. The number of nitrogens with zero attached hydrogens (tertiary/aromatic N) is 3. The van der Waals surface area contributed by atoms with Crippen molar-refractivity contribution in [3.63, 3.8) is 0 Å². The smallest absolute Gasteiger partial charge is 0.261 e. The van der Waals surface area contributed by atoms with Gasteiger partial charge in [-0.05, 0) is 73.9 Å². The molecule has 0 fully saturated rings. The second kappa shape index (κ2) is 16.5. The van der Waals surface area contributed by atoms with Crippen molar-refractivity contribution in [2.75, 3.05) is 44.8 Å². The van der Waals surface area contributed by atoms with Gasteiger partial charge in [-0.3, -0.25) is 43.5 Å². The molecular weight excluding hydrogens is 758 g/mol. The maximum absolute atomic E-state index is 13.1. The molecule has 3 heterocycles. The van der Waals surface area contributed by atoms with E-state index in [1.165, 1.54) is 14.7 Å². The SMILES string of the molecule is CCCCN1C(=O)c2ccc(OCC(CBr)(COc3ccc4c(c3)C(=O)N(CCCC)C4=O)COc3ccc4c(c3)C(=O)N(CCCC)C4=O)cc2C1=O. The van der Waals surface area contributed by atoms with Gasteiger partial charge >= 0.3 is 0 Å². The molecule has 0 bridgehead atoms. The molecule has 3 aromatic rings. The number of unbranched alkanes of at least 4 members (excludes halogenated alkanes) is 3. The van der Waals surface area contributed by atoms with Gasteiger partial charge in [0.15, 0.2) is 0 Å². The number of hydrogen-bond acceptors (Lipinski definition) is 9. The van der Waals surface area contributed by atoms with Gasteiger partial charge in [0, 0.05) is 25.0 Å². The van der Waals surface area contributed by atoms with E-state index in [0.717, 1.165) is 19.3 Å². The Morgan fingerprint density at radius 2 is 0.741 bits per heavy atom. The molecule has 0 aliphatic carbocycles. The van der Waals surface area contributed by atoms with Gasteiger partial charge in [0.2, 0.25) is 0 Å². The third-order valence-electron chi connectivity index (χ3n) is 9.95. The first-order chi connectivity index (χ1) is 26.1. The lowest BCUT2D eigenvalue weighted by molar-refractivity contribution is 0.0518. The molecule has 0 saturated heterocycles. The molecule has 12 nitrogen and oxygen atoms in total. The van der Waals surface area contributed by atoms with Crippen molar-refractivity contribution in [1.82, 2.24) is 14.7 Å². The topological polar surface area (TPSA) is 140 Å². The molecule has 0 N–H and O–H groups in total. The van der Waals surface area contributed by atoms with E-state index in [1.54, 1.807) is 54.6 Å². The minimum absolute atomic E-state index is 0.0268. The predicted molar refractivity (Wildman–Crippen MR) is 203 cm³/mol. The molecule has 0 saturated carbocycles. The molecule has 0 aromatic heterocycles. The van der Waals surface area contributed by atoms with Crippen LogP contribution in [0.2, 0.25) is 0 Å². The third-order valence-corrected chi connectivity index (χ3v) is 11.1. The van der Waals surface area contributed by atoms with E-state index < -0.39 is 5.41 Å². The standard InChI is InChI=1S/C41H44BrN3O9/c1-4-7-16-43-35(46)29-13-10-26(19-32(29)38(43)49)52-23-41(22-42,24-53-27-11-14-30-33(20-27)39(50)44(36(30)47)17-8-5-2)25-54-28-12-15-31-34(21-28)40(51)45(37(31)48)18-9-6-3/h10-15,19-21H,4-9,16-18,22-25H2,1-3H3. The predicted octanol–water partition coefficient (Wildman–Crippen LogP) is 6.79. The maximum Gasteiger partial charge on any atom is 0.261 e. The highest BCUT2D eigenvalue weighted by Gasteiger charge is 2.39. The molecule has 3 aliphatic rings. The third kappa shape index (κ3) is 7.51. The average Bonchev–Trinajstić information content (AvgIpc) is 3.68. The monoisotopic (exact) mass is 801 g/mol. The number of amides is 6. The first-order valence-electron chi connectivity index (χ1n) is 18.5. The number of ether oxygens (including phenoxy) is 3. The van der Waals surface area contributed by atoms with E-state index in [4.69, 9.17) is 14.2 Å². The number of carbonyl (C=O) groups excluding carboxylic acids is 6. The fourth-order valence-corrected chi connectivity index (χ4v) is 7.07. The van der Waals surface area contributed by atoms with E-state index in [9.17, 15) is 28.8 Å². The maximum atomic E-state index is 13.1. The number of alkyl halides is 1. The normalized spacial score (nSPS) is 15.0. The van der Waals surface area contributed by atoms with E-state index in [-0.39, 0.29) is 72.0 Å². The number of imide groups is 3. The molecule has 0 unspecified atom stereocenters. The van der Waals surface area contributed by atoms with E-state index in [2.05, 4.69) is 15.9 Å².